The van der Waals surface area contributed by atoms with Crippen LogP contribution in [-0.2, 0) is 25.9 Å². The summed E-state index contributed by atoms with van der Waals surface area (Å²) in [6.07, 6.45) is 1.77. The zero-order valence-corrected chi connectivity index (χ0v) is 13.4. The van der Waals surface area contributed by atoms with E-state index in [1.165, 1.54) is 11.8 Å². The summed E-state index contributed by atoms with van der Waals surface area (Å²) >= 11 is 3.22. The molecule has 0 aliphatic carbocycles. The van der Waals surface area contributed by atoms with Gasteiger partial charge in [-0.2, -0.15) is 5.10 Å². The Hall–Kier alpha value is -1.20. The zero-order chi connectivity index (χ0) is 14.7. The number of aryl methyl sites for hydroxylation is 1. The Labute approximate surface area is 127 Å². The van der Waals surface area contributed by atoms with E-state index in [0.29, 0.717) is 17.6 Å². The molecule has 3 nitrogen and oxygen atoms in total. The van der Waals surface area contributed by atoms with Gasteiger partial charge in [0.1, 0.15) is 5.82 Å². The van der Waals surface area contributed by atoms with Crippen molar-refractivity contribution in [3.05, 3.63) is 51.0 Å². The van der Waals surface area contributed by atoms with Crippen LogP contribution in [0.4, 0.5) is 4.39 Å². The van der Waals surface area contributed by atoms with E-state index in [1.54, 1.807) is 12.1 Å². The van der Waals surface area contributed by atoms with Crippen LogP contribution in [0.3, 0.4) is 0 Å². The maximum atomic E-state index is 13.3. The lowest BCUT2D eigenvalue weighted by Gasteiger charge is -2.08. The molecule has 0 saturated heterocycles. The number of benzene rings is 1. The van der Waals surface area contributed by atoms with Crippen molar-refractivity contribution < 1.29 is 4.39 Å². The normalized spacial score (nSPS) is 11.1. The lowest BCUT2D eigenvalue weighted by atomic mass is 10.1. The van der Waals surface area contributed by atoms with Crippen molar-refractivity contribution in [2.45, 2.75) is 39.8 Å². The maximum Gasteiger partial charge on any atom is 0.137 e. The van der Waals surface area contributed by atoms with Crippen LogP contribution < -0.4 is 5.73 Å². The van der Waals surface area contributed by atoms with Gasteiger partial charge in [-0.25, -0.2) is 4.39 Å². The van der Waals surface area contributed by atoms with E-state index in [-0.39, 0.29) is 5.82 Å². The molecule has 20 heavy (non-hydrogen) atoms. The number of nitrogens with two attached hydrogens (primary N) is 1. The van der Waals surface area contributed by atoms with Crippen LogP contribution in [0.1, 0.15) is 36.4 Å². The lowest BCUT2D eigenvalue weighted by molar-refractivity contribution is 0.613. The van der Waals surface area contributed by atoms with E-state index in [1.807, 2.05) is 4.68 Å². The van der Waals surface area contributed by atoms with Crippen LogP contribution in [0.15, 0.2) is 22.7 Å². The molecule has 0 fully saturated rings. The Bertz CT molecular complexity index is 607. The zero-order valence-electron chi connectivity index (χ0n) is 11.8. The molecule has 0 atom stereocenters. The molecule has 1 aromatic carbocycles. The molecule has 1 heterocycles. The summed E-state index contributed by atoms with van der Waals surface area (Å²) in [5.74, 6) is -0.248. The third-order valence-corrected chi connectivity index (χ3v) is 4.05. The first-order chi connectivity index (χ1) is 9.60. The van der Waals surface area contributed by atoms with E-state index in [2.05, 4.69) is 34.9 Å². The fraction of sp³-hybridized carbons (Fsp3) is 0.400. The SMILES string of the molecule is CCc1nn(Cc2ccc(F)c(Br)c2)c(CC)c1CN. The van der Waals surface area contributed by atoms with Gasteiger partial charge in [0, 0.05) is 17.8 Å². The van der Waals surface area contributed by atoms with Gasteiger partial charge in [0.2, 0.25) is 0 Å². The van der Waals surface area contributed by atoms with Crippen molar-refractivity contribution in [1.29, 1.82) is 0 Å². The largest absolute Gasteiger partial charge is 0.326 e. The molecule has 108 valence electrons. The molecule has 2 rings (SSSR count). The molecular weight excluding hydrogens is 321 g/mol. The predicted octanol–water partition coefficient (Wildman–Crippen LogP) is 3.42. The average Bonchev–Trinajstić information content (AvgIpc) is 2.79. The molecule has 0 bridgehead atoms. The predicted molar refractivity (Wildman–Crippen MR) is 82.1 cm³/mol. The molecule has 0 unspecified atom stereocenters. The first-order valence-electron chi connectivity index (χ1n) is 6.82. The minimum Gasteiger partial charge on any atom is -0.326 e. The highest BCUT2D eigenvalue weighted by atomic mass is 79.9. The van der Waals surface area contributed by atoms with Crippen molar-refractivity contribution in [3.8, 4) is 0 Å². The molecule has 1 aromatic heterocycles. The van der Waals surface area contributed by atoms with Gasteiger partial charge in [-0.1, -0.05) is 19.9 Å². The van der Waals surface area contributed by atoms with Crippen LogP contribution in [0, 0.1) is 5.82 Å². The smallest absolute Gasteiger partial charge is 0.137 e. The molecular formula is C15H19BrFN3. The van der Waals surface area contributed by atoms with Crippen LogP contribution in [0.2, 0.25) is 0 Å². The number of halogens is 2. The van der Waals surface area contributed by atoms with E-state index in [9.17, 15) is 4.39 Å². The van der Waals surface area contributed by atoms with Crippen molar-refractivity contribution in [3.63, 3.8) is 0 Å². The molecule has 0 aliphatic heterocycles. The van der Waals surface area contributed by atoms with Gasteiger partial charge in [0.25, 0.3) is 0 Å². The second kappa shape index (κ2) is 6.50. The molecule has 0 spiro atoms. The monoisotopic (exact) mass is 339 g/mol. The minimum atomic E-state index is -0.248. The van der Waals surface area contributed by atoms with Crippen LogP contribution in [0.5, 0.6) is 0 Å². The van der Waals surface area contributed by atoms with Crippen molar-refractivity contribution in [2.75, 3.05) is 0 Å². The van der Waals surface area contributed by atoms with Gasteiger partial charge in [0.05, 0.1) is 16.7 Å². The van der Waals surface area contributed by atoms with Gasteiger partial charge in [0.15, 0.2) is 0 Å². The van der Waals surface area contributed by atoms with E-state index in [4.69, 9.17) is 5.73 Å². The van der Waals surface area contributed by atoms with Gasteiger partial charge in [-0.15, -0.1) is 0 Å². The first kappa shape index (κ1) is 15.2. The quantitative estimate of drug-likeness (QED) is 0.906. The minimum absolute atomic E-state index is 0.248. The fourth-order valence-electron chi connectivity index (χ4n) is 2.45. The number of aromatic nitrogens is 2. The van der Waals surface area contributed by atoms with Gasteiger partial charge in [-0.05, 0) is 46.5 Å². The van der Waals surface area contributed by atoms with Crippen molar-refractivity contribution in [2.24, 2.45) is 5.73 Å². The molecule has 2 aromatic rings. The summed E-state index contributed by atoms with van der Waals surface area (Å²) < 4.78 is 15.7. The molecule has 0 amide bonds. The number of hydrogen-bond donors (Lipinski definition) is 1. The Morgan fingerprint density at radius 1 is 1.30 bits per heavy atom. The second-order valence-corrected chi connectivity index (χ2v) is 5.54. The summed E-state index contributed by atoms with van der Waals surface area (Å²) in [6.45, 7) is 5.33. The van der Waals surface area contributed by atoms with Gasteiger partial charge < -0.3 is 5.73 Å². The first-order valence-corrected chi connectivity index (χ1v) is 7.61. The highest BCUT2D eigenvalue weighted by Crippen LogP contribution is 2.20. The van der Waals surface area contributed by atoms with Gasteiger partial charge >= 0.3 is 0 Å². The third kappa shape index (κ3) is 2.94. The lowest BCUT2D eigenvalue weighted by Crippen LogP contribution is -2.08. The molecule has 0 aliphatic rings. The molecule has 0 saturated carbocycles. The molecule has 0 radical (unpaired) electrons. The summed E-state index contributed by atoms with van der Waals surface area (Å²) in [6, 6.07) is 5.05. The van der Waals surface area contributed by atoms with E-state index < -0.39 is 0 Å². The van der Waals surface area contributed by atoms with Crippen LogP contribution >= 0.6 is 15.9 Å². The Morgan fingerprint density at radius 3 is 2.60 bits per heavy atom. The third-order valence-electron chi connectivity index (χ3n) is 3.44. The average molecular weight is 340 g/mol. The van der Waals surface area contributed by atoms with Crippen LogP contribution in [-0.4, -0.2) is 9.78 Å². The second-order valence-electron chi connectivity index (χ2n) is 4.69. The van der Waals surface area contributed by atoms with E-state index >= 15 is 0 Å². The maximum absolute atomic E-state index is 13.3. The summed E-state index contributed by atoms with van der Waals surface area (Å²) in [5, 5.41) is 4.65. The summed E-state index contributed by atoms with van der Waals surface area (Å²) in [7, 11) is 0. The highest BCUT2D eigenvalue weighted by molar-refractivity contribution is 9.10. The molecule has 2 N–H and O–H groups in total. The number of hydrogen-bond acceptors (Lipinski definition) is 2. The standard InChI is InChI=1S/C15H19BrFN3/c1-3-14-11(8-18)15(4-2)20(19-14)9-10-5-6-13(17)12(16)7-10/h5-7H,3-4,8-9,18H2,1-2H3. The number of nitrogens with zero attached hydrogens (tertiary/aromatic N) is 2. The molecule has 5 heteroatoms. The Balaban J connectivity index is 2.37. The van der Waals surface area contributed by atoms with Crippen molar-refractivity contribution in [1.82, 2.24) is 9.78 Å². The van der Waals surface area contributed by atoms with Crippen LogP contribution in [0.25, 0.3) is 0 Å². The fourth-order valence-corrected chi connectivity index (χ4v) is 2.87. The number of rotatable bonds is 5. The highest BCUT2D eigenvalue weighted by Gasteiger charge is 2.14. The Kier molecular flexibility index (Phi) is 4.94. The van der Waals surface area contributed by atoms with Crippen molar-refractivity contribution >= 4 is 15.9 Å². The Morgan fingerprint density at radius 2 is 2.05 bits per heavy atom. The topological polar surface area (TPSA) is 43.8 Å². The van der Waals surface area contributed by atoms with Gasteiger partial charge in [-0.3, -0.25) is 4.68 Å². The van der Waals surface area contributed by atoms with E-state index in [0.717, 1.165) is 29.7 Å². The summed E-state index contributed by atoms with van der Waals surface area (Å²) in [5.41, 5.74) is 10.2. The summed E-state index contributed by atoms with van der Waals surface area (Å²) in [4.78, 5) is 0.